The van der Waals surface area contributed by atoms with E-state index in [-0.39, 0.29) is 10.8 Å². The average molecular weight is 332 g/mol. The Balaban J connectivity index is 2.40. The van der Waals surface area contributed by atoms with Crippen LogP contribution in [0.25, 0.3) is 0 Å². The van der Waals surface area contributed by atoms with E-state index in [1.165, 1.54) is 19.2 Å². The van der Waals surface area contributed by atoms with Gasteiger partial charge in [0.15, 0.2) is 0 Å². The Kier molecular flexibility index (Phi) is 5.39. The zero-order valence-corrected chi connectivity index (χ0v) is 14.0. The van der Waals surface area contributed by atoms with Gasteiger partial charge in [-0.2, -0.15) is 0 Å². The highest BCUT2D eigenvalue weighted by Crippen LogP contribution is 2.25. The number of nitrogens with zero attached hydrogens (tertiary/aromatic N) is 1. The van der Waals surface area contributed by atoms with E-state index in [1.807, 2.05) is 6.92 Å². The van der Waals surface area contributed by atoms with Crippen molar-refractivity contribution in [1.29, 1.82) is 0 Å². The molecule has 1 N–H and O–H groups in total. The maximum Gasteiger partial charge on any atom is 0.264 e. The topological polar surface area (TPSA) is 66.5 Å². The molecule has 1 amide bonds. The van der Waals surface area contributed by atoms with Crippen LogP contribution in [0, 0.1) is 0 Å². The minimum Gasteiger partial charge on any atom is -0.352 e. The third kappa shape index (κ3) is 3.71. The lowest BCUT2D eigenvalue weighted by atomic mass is 10.1. The number of hydrogen-bond acceptors (Lipinski definition) is 3. The van der Waals surface area contributed by atoms with Crippen molar-refractivity contribution in [2.45, 2.75) is 18.2 Å². The zero-order valence-electron chi connectivity index (χ0n) is 13.2. The van der Waals surface area contributed by atoms with Gasteiger partial charge in [0.25, 0.3) is 15.9 Å². The first-order valence-electron chi connectivity index (χ1n) is 7.39. The molecule has 2 aromatic carbocycles. The lowest BCUT2D eigenvalue weighted by Gasteiger charge is -2.22. The molecule has 2 rings (SSSR count). The van der Waals surface area contributed by atoms with Gasteiger partial charge in [0.1, 0.15) is 0 Å². The fourth-order valence-corrected chi connectivity index (χ4v) is 3.39. The van der Waals surface area contributed by atoms with Gasteiger partial charge in [-0.15, -0.1) is 0 Å². The van der Waals surface area contributed by atoms with Crippen LogP contribution in [0.4, 0.5) is 5.69 Å². The van der Waals surface area contributed by atoms with Crippen LogP contribution < -0.4 is 9.62 Å². The first kappa shape index (κ1) is 17.0. The average Bonchev–Trinajstić information content (AvgIpc) is 2.59. The summed E-state index contributed by atoms with van der Waals surface area (Å²) in [5.41, 5.74) is 0.688. The van der Waals surface area contributed by atoms with Crippen molar-refractivity contribution in [3.63, 3.8) is 0 Å². The molecule has 6 heteroatoms. The molecule has 5 nitrogen and oxygen atoms in total. The third-order valence-electron chi connectivity index (χ3n) is 3.43. The maximum absolute atomic E-state index is 12.7. The molecule has 0 aromatic heterocycles. The van der Waals surface area contributed by atoms with E-state index < -0.39 is 10.0 Å². The van der Waals surface area contributed by atoms with Gasteiger partial charge in [0.2, 0.25) is 0 Å². The number of sulfonamides is 1. The Morgan fingerprint density at radius 3 is 2.30 bits per heavy atom. The molecule has 122 valence electrons. The van der Waals surface area contributed by atoms with Crippen LogP contribution in [0.15, 0.2) is 59.5 Å². The highest BCUT2D eigenvalue weighted by molar-refractivity contribution is 7.92. The summed E-state index contributed by atoms with van der Waals surface area (Å²) < 4.78 is 26.6. The molecule has 0 spiro atoms. The van der Waals surface area contributed by atoms with E-state index in [2.05, 4.69) is 5.32 Å². The standard InChI is InChI=1S/C17H20N2O3S/c1-3-13-18-17(20)15-11-7-8-12-16(15)19(2)23(21,22)14-9-5-4-6-10-14/h4-12H,3,13H2,1-2H3,(H,18,20). The van der Waals surface area contributed by atoms with Crippen LogP contribution in [-0.2, 0) is 10.0 Å². The number of carbonyl (C=O) groups excluding carboxylic acids is 1. The zero-order chi connectivity index (χ0) is 16.9. The minimum atomic E-state index is -3.72. The molecule has 0 aliphatic carbocycles. The second-order valence-electron chi connectivity index (χ2n) is 5.06. The monoisotopic (exact) mass is 332 g/mol. The molecule has 0 radical (unpaired) electrons. The molecule has 0 atom stereocenters. The van der Waals surface area contributed by atoms with Crippen molar-refractivity contribution in [1.82, 2.24) is 5.32 Å². The second kappa shape index (κ2) is 7.28. The minimum absolute atomic E-state index is 0.186. The van der Waals surface area contributed by atoms with Crippen LogP contribution in [0.5, 0.6) is 0 Å². The molecule has 0 fully saturated rings. The first-order valence-corrected chi connectivity index (χ1v) is 8.83. The predicted molar refractivity (Wildman–Crippen MR) is 91.1 cm³/mol. The summed E-state index contributed by atoms with van der Waals surface area (Å²) in [4.78, 5) is 12.4. The molecule has 23 heavy (non-hydrogen) atoms. The van der Waals surface area contributed by atoms with E-state index in [0.717, 1.165) is 10.7 Å². The lowest BCUT2D eigenvalue weighted by Crippen LogP contribution is -2.31. The fraction of sp³-hybridized carbons (Fsp3) is 0.235. The Morgan fingerprint density at radius 1 is 1.04 bits per heavy atom. The second-order valence-corrected chi connectivity index (χ2v) is 7.03. The summed E-state index contributed by atoms with van der Waals surface area (Å²) in [5.74, 6) is -0.280. The molecule has 0 bridgehead atoms. The Labute approximate surface area is 137 Å². The van der Waals surface area contributed by atoms with Gasteiger partial charge in [0, 0.05) is 13.6 Å². The number of anilines is 1. The molecule has 0 aliphatic heterocycles. The van der Waals surface area contributed by atoms with E-state index >= 15 is 0 Å². The summed E-state index contributed by atoms with van der Waals surface area (Å²) in [6.45, 7) is 2.50. The number of benzene rings is 2. The molecule has 0 heterocycles. The number of carbonyl (C=O) groups is 1. The van der Waals surface area contributed by atoms with E-state index in [4.69, 9.17) is 0 Å². The van der Waals surface area contributed by atoms with Gasteiger partial charge in [-0.05, 0) is 30.7 Å². The molecule has 0 unspecified atom stereocenters. The highest BCUT2D eigenvalue weighted by Gasteiger charge is 2.24. The van der Waals surface area contributed by atoms with Crippen molar-refractivity contribution in [2.75, 3.05) is 17.9 Å². The van der Waals surface area contributed by atoms with Gasteiger partial charge in [-0.3, -0.25) is 9.10 Å². The Bertz CT molecular complexity index is 773. The van der Waals surface area contributed by atoms with E-state index in [9.17, 15) is 13.2 Å². The number of nitrogens with one attached hydrogen (secondary N) is 1. The van der Waals surface area contributed by atoms with E-state index in [1.54, 1.807) is 42.5 Å². The quantitative estimate of drug-likeness (QED) is 0.884. The van der Waals surface area contributed by atoms with Crippen LogP contribution in [0.3, 0.4) is 0 Å². The summed E-state index contributed by atoms with van der Waals surface area (Å²) >= 11 is 0. The summed E-state index contributed by atoms with van der Waals surface area (Å²) in [6.07, 6.45) is 0.812. The van der Waals surface area contributed by atoms with Gasteiger partial charge in [0.05, 0.1) is 16.1 Å². The number of para-hydroxylation sites is 1. The van der Waals surface area contributed by atoms with Crippen LogP contribution in [0.2, 0.25) is 0 Å². The van der Waals surface area contributed by atoms with Crippen LogP contribution >= 0.6 is 0 Å². The Morgan fingerprint density at radius 2 is 1.65 bits per heavy atom. The maximum atomic E-state index is 12.7. The lowest BCUT2D eigenvalue weighted by molar-refractivity contribution is 0.0954. The van der Waals surface area contributed by atoms with Crippen molar-refractivity contribution >= 4 is 21.6 Å². The van der Waals surface area contributed by atoms with Crippen LogP contribution in [-0.4, -0.2) is 27.9 Å². The summed E-state index contributed by atoms with van der Waals surface area (Å²) in [7, 11) is -2.26. The highest BCUT2D eigenvalue weighted by atomic mass is 32.2. The molecule has 0 saturated heterocycles. The molecule has 0 saturated carbocycles. The fourth-order valence-electron chi connectivity index (χ4n) is 2.15. The van der Waals surface area contributed by atoms with Crippen molar-refractivity contribution < 1.29 is 13.2 Å². The smallest absolute Gasteiger partial charge is 0.264 e. The SMILES string of the molecule is CCCNC(=O)c1ccccc1N(C)S(=O)(=O)c1ccccc1. The Hall–Kier alpha value is -2.34. The van der Waals surface area contributed by atoms with Crippen molar-refractivity contribution in [3.8, 4) is 0 Å². The van der Waals surface area contributed by atoms with Crippen molar-refractivity contribution in [2.24, 2.45) is 0 Å². The summed E-state index contributed by atoms with van der Waals surface area (Å²) in [6, 6.07) is 14.8. The van der Waals surface area contributed by atoms with Crippen molar-refractivity contribution in [3.05, 3.63) is 60.2 Å². The number of rotatable bonds is 6. The predicted octanol–water partition coefficient (Wildman–Crippen LogP) is 2.65. The first-order chi connectivity index (χ1) is 11.0. The van der Waals surface area contributed by atoms with Gasteiger partial charge in [-0.25, -0.2) is 8.42 Å². The van der Waals surface area contributed by atoms with Gasteiger partial charge >= 0.3 is 0 Å². The number of hydrogen-bond donors (Lipinski definition) is 1. The molecule has 0 aliphatic rings. The largest absolute Gasteiger partial charge is 0.352 e. The molecular weight excluding hydrogens is 312 g/mol. The van der Waals surface area contributed by atoms with E-state index in [0.29, 0.717) is 17.8 Å². The third-order valence-corrected chi connectivity index (χ3v) is 5.21. The summed E-state index contributed by atoms with van der Waals surface area (Å²) in [5, 5.41) is 2.77. The normalized spacial score (nSPS) is 11.0. The van der Waals surface area contributed by atoms with Gasteiger partial charge < -0.3 is 5.32 Å². The van der Waals surface area contributed by atoms with Gasteiger partial charge in [-0.1, -0.05) is 37.3 Å². The molecular formula is C17H20N2O3S. The van der Waals surface area contributed by atoms with Crippen LogP contribution in [0.1, 0.15) is 23.7 Å². The number of amides is 1. The molecule has 2 aromatic rings.